The quantitative estimate of drug-likeness (QED) is 0.181. The van der Waals surface area contributed by atoms with Crippen LogP contribution in [0.25, 0.3) is 92.6 Å². The Kier molecular flexibility index (Phi) is 7.67. The summed E-state index contributed by atoms with van der Waals surface area (Å²) in [6, 6.07) is 45.0. The smallest absolute Gasteiger partial charge is 0.211 e. The van der Waals surface area contributed by atoms with Crippen molar-refractivity contribution in [1.82, 2.24) is 4.57 Å². The van der Waals surface area contributed by atoms with E-state index in [0.29, 0.717) is 0 Å². The van der Waals surface area contributed by atoms with Gasteiger partial charge in [-0.1, -0.05) is 123 Å². The molecule has 0 fully saturated rings. The summed E-state index contributed by atoms with van der Waals surface area (Å²) in [6.07, 6.45) is 0. The fourth-order valence-corrected chi connectivity index (χ4v) is 10.9. The van der Waals surface area contributed by atoms with E-state index in [9.17, 15) is 0 Å². The van der Waals surface area contributed by atoms with E-state index in [1.807, 2.05) is 11.3 Å². The molecule has 0 aliphatic carbocycles. The molecule has 1 aliphatic rings. The highest BCUT2D eigenvalue weighted by Crippen LogP contribution is 2.45. The third kappa shape index (κ3) is 5.58. The van der Waals surface area contributed by atoms with Gasteiger partial charge in [-0.05, 0) is 103 Å². The van der Waals surface area contributed by atoms with E-state index in [0.717, 1.165) is 71.9 Å². The zero-order valence-corrected chi connectivity index (χ0v) is 37.6. The fraction of sp³-hybridized carbons (Fsp3) is 0.214. The maximum atomic E-state index is 6.81. The van der Waals surface area contributed by atoms with Gasteiger partial charge in [-0.2, -0.15) is 0 Å². The first-order valence-electron chi connectivity index (χ1n) is 21.8. The van der Waals surface area contributed by atoms with Gasteiger partial charge in [0.15, 0.2) is 0 Å². The van der Waals surface area contributed by atoms with E-state index in [1.54, 1.807) is 0 Å². The van der Waals surface area contributed by atoms with E-state index >= 15 is 0 Å². The Balaban J connectivity index is 1.15. The van der Waals surface area contributed by atoms with Gasteiger partial charge in [0, 0.05) is 70.9 Å². The topological polar surface area (TPSA) is 43.2 Å². The molecule has 0 bridgehead atoms. The van der Waals surface area contributed by atoms with Gasteiger partial charge in [0.1, 0.15) is 22.3 Å². The number of nitrogens with zero attached hydrogens (tertiary/aromatic N) is 1. The third-order valence-electron chi connectivity index (χ3n) is 13.3. The first-order chi connectivity index (χ1) is 29.6. The van der Waals surface area contributed by atoms with Crippen molar-refractivity contribution in [1.29, 1.82) is 0 Å². The lowest BCUT2D eigenvalue weighted by molar-refractivity contribution is 0.587. The number of fused-ring (bicyclic) bond motifs is 13. The maximum Gasteiger partial charge on any atom is 0.211 e. The second-order valence-corrected chi connectivity index (χ2v) is 21.6. The summed E-state index contributed by atoms with van der Waals surface area (Å²) >= 11 is 1.87. The molecule has 0 unspecified atom stereocenters. The number of hydrogen-bond acceptors (Lipinski definition) is 4. The first-order valence-corrected chi connectivity index (χ1v) is 22.6. The van der Waals surface area contributed by atoms with Crippen molar-refractivity contribution in [3.63, 3.8) is 0 Å². The molecule has 0 saturated heterocycles. The predicted octanol–water partition coefficient (Wildman–Crippen LogP) is 15.1. The van der Waals surface area contributed by atoms with Crippen LogP contribution in [0.5, 0.6) is 0 Å². The van der Waals surface area contributed by atoms with Crippen LogP contribution in [-0.2, 0) is 16.2 Å². The SMILES string of the molecule is CC(C)(C)c1ccc(Nc2cc3c(cc2-c2ccc4c5cc6c(cc5n5c4c2[B]c2sc4ccc(C(C)(C)C)cc4c2-5)oc2ccccc26)oc2cc(C(C)(C)C)ccc23)cc1. The Hall–Kier alpha value is -6.24. The summed E-state index contributed by atoms with van der Waals surface area (Å²) in [7, 11) is 2.45. The van der Waals surface area contributed by atoms with Crippen LogP contribution in [-0.4, -0.2) is 11.8 Å². The van der Waals surface area contributed by atoms with Crippen molar-refractivity contribution < 1.29 is 8.83 Å². The van der Waals surface area contributed by atoms with Crippen molar-refractivity contribution in [3.05, 3.63) is 138 Å². The molecule has 11 aromatic rings. The second-order valence-electron chi connectivity index (χ2n) is 20.6. The number of rotatable bonds is 3. The van der Waals surface area contributed by atoms with Crippen molar-refractivity contribution in [2.75, 3.05) is 5.32 Å². The molecule has 6 heteroatoms. The largest absolute Gasteiger partial charge is 0.456 e. The van der Waals surface area contributed by atoms with Gasteiger partial charge < -0.3 is 18.7 Å². The molecule has 1 aliphatic heterocycles. The highest BCUT2D eigenvalue weighted by molar-refractivity contribution is 7.29. The molecule has 4 aromatic heterocycles. The summed E-state index contributed by atoms with van der Waals surface area (Å²) in [5, 5.41) is 12.1. The van der Waals surface area contributed by atoms with Gasteiger partial charge in [-0.25, -0.2) is 0 Å². The number of thiophene rings is 1. The average molecular weight is 824 g/mol. The van der Waals surface area contributed by atoms with Crippen LogP contribution >= 0.6 is 11.3 Å². The van der Waals surface area contributed by atoms with Crippen LogP contribution < -0.4 is 15.6 Å². The van der Waals surface area contributed by atoms with Crippen LogP contribution in [0, 0.1) is 0 Å². The Morgan fingerprint density at radius 2 is 1.13 bits per heavy atom. The summed E-state index contributed by atoms with van der Waals surface area (Å²) in [6.45, 7) is 20.5. The highest BCUT2D eigenvalue weighted by Gasteiger charge is 2.31. The number of furan rings is 2. The van der Waals surface area contributed by atoms with Gasteiger partial charge in [0.05, 0.1) is 11.2 Å². The minimum absolute atomic E-state index is 0.00599. The van der Waals surface area contributed by atoms with Crippen LogP contribution in [0.2, 0.25) is 0 Å². The number of anilines is 2. The molecule has 7 aromatic carbocycles. The van der Waals surface area contributed by atoms with Gasteiger partial charge in [-0.3, -0.25) is 0 Å². The first kappa shape index (κ1) is 37.5. The minimum atomic E-state index is 0.00599. The molecule has 0 atom stereocenters. The molecule has 303 valence electrons. The molecule has 5 heterocycles. The third-order valence-corrected chi connectivity index (χ3v) is 14.4. The van der Waals surface area contributed by atoms with E-state index in [1.165, 1.54) is 59.0 Å². The molecule has 4 nitrogen and oxygen atoms in total. The number of para-hydroxylation sites is 1. The molecule has 62 heavy (non-hydrogen) atoms. The molecule has 1 N–H and O–H groups in total. The van der Waals surface area contributed by atoms with E-state index in [-0.39, 0.29) is 16.2 Å². The van der Waals surface area contributed by atoms with E-state index < -0.39 is 0 Å². The van der Waals surface area contributed by atoms with Crippen LogP contribution in [0.15, 0.2) is 130 Å². The highest BCUT2D eigenvalue weighted by atomic mass is 32.1. The number of nitrogens with one attached hydrogen (secondary N) is 1. The maximum absolute atomic E-state index is 6.81. The molecule has 12 rings (SSSR count). The average Bonchev–Trinajstić information content (AvgIpc) is 3.97. The molecular weight excluding hydrogens is 776 g/mol. The standard InChI is InChI=1S/C56H48BN2O2S/c1-54(2,3)30-14-18-33(19-15-30)58-43-27-41-35-20-16-32(56(7,8)9)25-46(35)61-47(41)28-38(43)36-21-22-37-39-26-40-34-12-10-11-13-45(34)60-48(40)29-44(39)59-51(37)50(36)57-53-52(59)42-24-31(55(4,5)6)17-23-49(42)62-53/h10-29,58H,1-9H3. The monoisotopic (exact) mass is 823 g/mol. The molecule has 0 spiro atoms. The summed E-state index contributed by atoms with van der Waals surface area (Å²) in [5.41, 5.74) is 16.7. The number of aromatic nitrogens is 1. The molecular formula is C56H48BN2O2S. The summed E-state index contributed by atoms with van der Waals surface area (Å²) < 4.78 is 18.5. The second kappa shape index (κ2) is 12.7. The summed E-state index contributed by atoms with van der Waals surface area (Å²) in [5.74, 6) is 0. The zero-order valence-electron chi connectivity index (χ0n) is 36.8. The lowest BCUT2D eigenvalue weighted by Crippen LogP contribution is -2.35. The van der Waals surface area contributed by atoms with Gasteiger partial charge in [0.25, 0.3) is 0 Å². The Morgan fingerprint density at radius 3 is 1.90 bits per heavy atom. The Bertz CT molecular complexity index is 3690. The molecule has 0 amide bonds. The van der Waals surface area contributed by atoms with Gasteiger partial charge >= 0.3 is 0 Å². The van der Waals surface area contributed by atoms with Crippen molar-refractivity contribution >= 4 is 116 Å². The Morgan fingerprint density at radius 1 is 0.500 bits per heavy atom. The number of hydrogen-bond donors (Lipinski definition) is 1. The van der Waals surface area contributed by atoms with Crippen LogP contribution in [0.3, 0.4) is 0 Å². The van der Waals surface area contributed by atoms with E-state index in [2.05, 4.69) is 201 Å². The van der Waals surface area contributed by atoms with Crippen molar-refractivity contribution in [3.8, 4) is 16.8 Å². The molecule has 1 radical (unpaired) electrons. The van der Waals surface area contributed by atoms with Crippen molar-refractivity contribution in [2.45, 2.75) is 78.6 Å². The number of benzene rings is 7. The predicted molar refractivity (Wildman–Crippen MR) is 267 cm³/mol. The normalized spacial score (nSPS) is 13.4. The molecule has 0 saturated carbocycles. The van der Waals surface area contributed by atoms with Crippen molar-refractivity contribution in [2.24, 2.45) is 0 Å². The minimum Gasteiger partial charge on any atom is -0.456 e. The van der Waals surface area contributed by atoms with Gasteiger partial charge in [0.2, 0.25) is 7.28 Å². The van der Waals surface area contributed by atoms with E-state index in [4.69, 9.17) is 8.83 Å². The fourth-order valence-electron chi connectivity index (χ4n) is 9.82. The summed E-state index contributed by atoms with van der Waals surface area (Å²) in [4.78, 5) is 0. The lowest BCUT2D eigenvalue weighted by Gasteiger charge is -2.23. The van der Waals surface area contributed by atoms with Crippen LogP contribution in [0.1, 0.15) is 79.0 Å². The zero-order chi connectivity index (χ0) is 42.6. The van der Waals surface area contributed by atoms with Gasteiger partial charge in [-0.15, -0.1) is 11.3 Å². The lowest BCUT2D eigenvalue weighted by atomic mass is 9.63. The van der Waals surface area contributed by atoms with Crippen LogP contribution in [0.4, 0.5) is 11.4 Å². The Labute approximate surface area is 366 Å².